The van der Waals surface area contributed by atoms with E-state index in [0.717, 1.165) is 26.1 Å². The second-order valence-corrected chi connectivity index (χ2v) is 5.78. The van der Waals surface area contributed by atoms with Crippen LogP contribution in [0, 0.1) is 5.92 Å². The molecule has 0 saturated carbocycles. The molecule has 0 fully saturated rings. The summed E-state index contributed by atoms with van der Waals surface area (Å²) in [5.41, 5.74) is 1.31. The molecule has 1 aliphatic heterocycles. The zero-order valence-electron chi connectivity index (χ0n) is 13.9. The first-order valence-electron chi connectivity index (χ1n) is 8.76. The van der Waals surface area contributed by atoms with Gasteiger partial charge in [-0.15, -0.1) is 0 Å². The Bertz CT molecular complexity index is 330. The number of unbranched alkanes of at least 4 members (excludes halogenated alkanes) is 5. The van der Waals surface area contributed by atoms with Crippen molar-refractivity contribution in [3.05, 3.63) is 36.2 Å². The van der Waals surface area contributed by atoms with Crippen molar-refractivity contribution in [3.63, 3.8) is 0 Å². The Morgan fingerprint density at radius 2 is 1.76 bits per heavy atom. The van der Waals surface area contributed by atoms with Crippen LogP contribution >= 0.6 is 0 Å². The molecule has 1 unspecified atom stereocenters. The van der Waals surface area contributed by atoms with Gasteiger partial charge in [-0.2, -0.15) is 0 Å². The van der Waals surface area contributed by atoms with E-state index < -0.39 is 0 Å². The van der Waals surface area contributed by atoms with E-state index in [4.69, 9.17) is 4.74 Å². The molecule has 0 aliphatic carbocycles. The Morgan fingerprint density at radius 3 is 2.57 bits per heavy atom. The maximum absolute atomic E-state index is 5.80. The summed E-state index contributed by atoms with van der Waals surface area (Å²) in [6.45, 7) is 6.31. The summed E-state index contributed by atoms with van der Waals surface area (Å²) < 4.78 is 5.80. The smallest absolute Gasteiger partial charge is 0.0472 e. The molecule has 2 nitrogen and oxygen atoms in total. The molecule has 1 atom stereocenters. The average molecular weight is 291 g/mol. The van der Waals surface area contributed by atoms with Crippen molar-refractivity contribution < 1.29 is 4.74 Å². The van der Waals surface area contributed by atoms with Gasteiger partial charge >= 0.3 is 0 Å². The summed E-state index contributed by atoms with van der Waals surface area (Å²) in [7, 11) is 0. The van der Waals surface area contributed by atoms with Crippen LogP contribution in [0.15, 0.2) is 36.2 Å². The first-order valence-corrected chi connectivity index (χ1v) is 8.76. The topological polar surface area (TPSA) is 21.3 Å². The maximum Gasteiger partial charge on any atom is 0.0472 e. The molecule has 1 rings (SSSR count). The molecular weight excluding hydrogens is 258 g/mol. The molecule has 120 valence electrons. The van der Waals surface area contributed by atoms with Gasteiger partial charge in [0.1, 0.15) is 0 Å². The Labute approximate surface area is 131 Å². The third-order valence-corrected chi connectivity index (χ3v) is 4.03. The lowest BCUT2D eigenvalue weighted by atomic mass is 9.98. The lowest BCUT2D eigenvalue weighted by molar-refractivity contribution is 0.118. The molecular formula is C19H33NO. The van der Waals surface area contributed by atoms with Crippen LogP contribution in [-0.4, -0.2) is 13.2 Å². The standard InChI is InChI=1S/C19H33NO/c1-3-5-6-7-8-12-16-21-17-14-18(4-2)19-13-10-9-11-15-20-19/h9-11,13,15,18,20H,3-8,12,14,16-17H2,1-2H3. The monoisotopic (exact) mass is 291 g/mol. The third kappa shape index (κ3) is 8.77. The summed E-state index contributed by atoms with van der Waals surface area (Å²) in [6, 6.07) is 0. The normalized spacial score (nSPS) is 15.4. The number of allylic oxidation sites excluding steroid dienone is 5. The number of hydrogen-bond acceptors (Lipinski definition) is 2. The SMILES string of the molecule is CCCCCCCCOCCC(CC)C1=CC=CC=CN1. The van der Waals surface area contributed by atoms with E-state index >= 15 is 0 Å². The summed E-state index contributed by atoms with van der Waals surface area (Å²) in [5, 5.41) is 3.38. The van der Waals surface area contributed by atoms with E-state index in [0.29, 0.717) is 5.92 Å². The highest BCUT2D eigenvalue weighted by atomic mass is 16.5. The summed E-state index contributed by atoms with van der Waals surface area (Å²) in [4.78, 5) is 0. The van der Waals surface area contributed by atoms with Crippen LogP contribution in [-0.2, 0) is 4.74 Å². The molecule has 1 aliphatic rings. The lowest BCUT2D eigenvalue weighted by Crippen LogP contribution is -2.16. The van der Waals surface area contributed by atoms with E-state index in [-0.39, 0.29) is 0 Å². The lowest BCUT2D eigenvalue weighted by Gasteiger charge is -2.18. The van der Waals surface area contributed by atoms with E-state index in [1.54, 1.807) is 0 Å². The molecule has 1 N–H and O–H groups in total. The largest absolute Gasteiger partial charge is 0.381 e. The summed E-state index contributed by atoms with van der Waals surface area (Å²) >= 11 is 0. The second kappa shape index (κ2) is 12.7. The van der Waals surface area contributed by atoms with Gasteiger partial charge in [0.2, 0.25) is 0 Å². The van der Waals surface area contributed by atoms with E-state index in [2.05, 4.69) is 37.4 Å². The van der Waals surface area contributed by atoms with Gasteiger partial charge in [0.05, 0.1) is 0 Å². The minimum atomic E-state index is 0.571. The molecule has 0 aromatic heterocycles. The first-order chi connectivity index (χ1) is 10.4. The van der Waals surface area contributed by atoms with E-state index in [1.165, 1.54) is 44.2 Å². The molecule has 0 saturated heterocycles. The van der Waals surface area contributed by atoms with Crippen LogP contribution in [0.4, 0.5) is 0 Å². The number of nitrogens with one attached hydrogen (secondary N) is 1. The predicted octanol–water partition coefficient (Wildman–Crippen LogP) is 5.34. The van der Waals surface area contributed by atoms with Gasteiger partial charge in [-0.25, -0.2) is 0 Å². The van der Waals surface area contributed by atoms with Crippen LogP contribution in [0.25, 0.3) is 0 Å². The van der Waals surface area contributed by atoms with Crippen molar-refractivity contribution in [1.82, 2.24) is 5.32 Å². The summed E-state index contributed by atoms with van der Waals surface area (Å²) in [6.07, 6.45) is 20.6. The molecule has 2 heteroatoms. The molecule has 1 heterocycles. The van der Waals surface area contributed by atoms with Crippen molar-refractivity contribution in [2.24, 2.45) is 5.92 Å². The number of rotatable bonds is 12. The van der Waals surface area contributed by atoms with Crippen LogP contribution < -0.4 is 5.32 Å². The van der Waals surface area contributed by atoms with Crippen LogP contribution in [0.1, 0.15) is 65.2 Å². The van der Waals surface area contributed by atoms with Gasteiger partial charge in [-0.1, -0.05) is 58.1 Å². The first kappa shape index (κ1) is 18.0. The highest BCUT2D eigenvalue weighted by Gasteiger charge is 2.11. The predicted molar refractivity (Wildman–Crippen MR) is 92.1 cm³/mol. The fourth-order valence-corrected chi connectivity index (χ4v) is 2.62. The highest BCUT2D eigenvalue weighted by molar-refractivity contribution is 5.22. The third-order valence-electron chi connectivity index (χ3n) is 4.03. The molecule has 0 bridgehead atoms. The fourth-order valence-electron chi connectivity index (χ4n) is 2.62. The zero-order valence-corrected chi connectivity index (χ0v) is 13.9. The van der Waals surface area contributed by atoms with Crippen molar-refractivity contribution in [1.29, 1.82) is 0 Å². The van der Waals surface area contributed by atoms with E-state index in [9.17, 15) is 0 Å². The highest BCUT2D eigenvalue weighted by Crippen LogP contribution is 2.18. The molecule has 21 heavy (non-hydrogen) atoms. The number of hydrogen-bond donors (Lipinski definition) is 1. The van der Waals surface area contributed by atoms with Gasteiger partial charge in [0.25, 0.3) is 0 Å². The quantitative estimate of drug-likeness (QED) is 0.490. The number of ether oxygens (including phenoxy) is 1. The Balaban J connectivity index is 2.06. The van der Waals surface area contributed by atoms with Crippen LogP contribution in [0.5, 0.6) is 0 Å². The van der Waals surface area contributed by atoms with Crippen molar-refractivity contribution in [2.45, 2.75) is 65.2 Å². The molecule has 0 aromatic carbocycles. The Morgan fingerprint density at radius 1 is 0.952 bits per heavy atom. The van der Waals surface area contributed by atoms with Gasteiger partial charge in [-0.05, 0) is 31.4 Å². The second-order valence-electron chi connectivity index (χ2n) is 5.78. The fraction of sp³-hybridized carbons (Fsp3) is 0.684. The molecule has 0 radical (unpaired) electrons. The van der Waals surface area contributed by atoms with Crippen LogP contribution in [0.2, 0.25) is 0 Å². The molecule has 0 aromatic rings. The minimum Gasteiger partial charge on any atom is -0.381 e. The maximum atomic E-state index is 5.80. The summed E-state index contributed by atoms with van der Waals surface area (Å²) in [5.74, 6) is 0.571. The van der Waals surface area contributed by atoms with Crippen molar-refractivity contribution in [2.75, 3.05) is 13.2 Å². The zero-order chi connectivity index (χ0) is 15.2. The van der Waals surface area contributed by atoms with Crippen molar-refractivity contribution >= 4 is 0 Å². The molecule has 0 amide bonds. The van der Waals surface area contributed by atoms with Gasteiger partial charge < -0.3 is 10.1 Å². The van der Waals surface area contributed by atoms with Crippen molar-refractivity contribution in [3.8, 4) is 0 Å². The van der Waals surface area contributed by atoms with Gasteiger partial charge in [0, 0.05) is 31.0 Å². The van der Waals surface area contributed by atoms with Gasteiger partial charge in [-0.3, -0.25) is 0 Å². The Hall–Kier alpha value is -1.02. The van der Waals surface area contributed by atoms with Crippen LogP contribution in [0.3, 0.4) is 0 Å². The van der Waals surface area contributed by atoms with Gasteiger partial charge in [0.15, 0.2) is 0 Å². The molecule has 0 spiro atoms. The minimum absolute atomic E-state index is 0.571. The average Bonchev–Trinajstić information content (AvgIpc) is 2.78. The van der Waals surface area contributed by atoms with E-state index in [1.807, 2.05) is 12.3 Å². The Kier molecular flexibility index (Phi) is 10.9.